The minimum atomic E-state index is -0.660. The van der Waals surface area contributed by atoms with Crippen LogP contribution < -0.4 is 5.11 Å². The first-order valence-corrected chi connectivity index (χ1v) is 7.74. The summed E-state index contributed by atoms with van der Waals surface area (Å²) in [4.78, 5) is 0. The maximum Gasteiger partial charge on any atom is 0.137 e. The molecule has 0 aromatic carbocycles. The third-order valence-corrected chi connectivity index (χ3v) is 4.31. The number of likely N-dealkylation sites (tertiary alicyclic amines) is 1. The minimum absolute atomic E-state index is 0.0175. The van der Waals surface area contributed by atoms with E-state index in [4.69, 9.17) is 0 Å². The van der Waals surface area contributed by atoms with Gasteiger partial charge in [0.15, 0.2) is 0 Å². The van der Waals surface area contributed by atoms with Crippen molar-refractivity contribution in [2.75, 3.05) is 7.05 Å². The molecule has 3 nitrogen and oxygen atoms in total. The van der Waals surface area contributed by atoms with Crippen LogP contribution in [0.1, 0.15) is 46.0 Å². The molecule has 0 aromatic heterocycles. The summed E-state index contributed by atoms with van der Waals surface area (Å²) in [6, 6.07) is -0.236. The number of rotatable bonds is 6. The molecule has 1 unspecified atom stereocenters. The van der Waals surface area contributed by atoms with Crippen molar-refractivity contribution in [1.82, 2.24) is 0 Å². The summed E-state index contributed by atoms with van der Waals surface area (Å²) in [6.07, 6.45) is 16.5. The average Bonchev–Trinajstić information content (AvgIpc) is 2.42. The maximum atomic E-state index is 11.7. The number of hydrogen-bond donors (Lipinski definition) is 1. The van der Waals surface area contributed by atoms with Gasteiger partial charge in [0.05, 0.1) is 7.05 Å². The molecule has 0 aliphatic carbocycles. The highest BCUT2D eigenvalue weighted by Gasteiger charge is 2.40. The highest BCUT2D eigenvalue weighted by Crippen LogP contribution is 2.27. The fourth-order valence-corrected chi connectivity index (χ4v) is 2.56. The largest absolute Gasteiger partial charge is 0.848 e. The number of unbranched alkanes of at least 4 members (excludes halogenated alkanes) is 2. The molecule has 1 aliphatic heterocycles. The highest BCUT2D eigenvalue weighted by molar-refractivity contribution is 5.12. The molecular weight excluding hydrogens is 250 g/mol. The van der Waals surface area contributed by atoms with Gasteiger partial charge in [-0.2, -0.15) is 4.65 Å². The standard InChI is InChI=1S/C17H29NO2/c1-4-5-6-7-8-9-10-11-12-16-13-14-17(19)15(2)18(16,3)20/h7-12,15-17,20H,4-6,13-14H2,1-3H3/b8-7+,10-9+,12-11+/t15-,16+,17+,18?/m0/s1. The molecule has 1 N–H and O–H groups in total. The van der Waals surface area contributed by atoms with Crippen molar-refractivity contribution in [2.45, 2.75) is 64.1 Å². The van der Waals surface area contributed by atoms with Crippen molar-refractivity contribution < 1.29 is 15.0 Å². The molecule has 4 atom stereocenters. The molecule has 114 valence electrons. The van der Waals surface area contributed by atoms with Gasteiger partial charge in [0, 0.05) is 6.42 Å². The Morgan fingerprint density at radius 2 is 1.90 bits per heavy atom. The number of hydrogen-bond acceptors (Lipinski definition) is 2. The van der Waals surface area contributed by atoms with E-state index in [-0.39, 0.29) is 16.7 Å². The Morgan fingerprint density at radius 1 is 1.20 bits per heavy atom. The normalized spacial score (nSPS) is 35.5. The molecule has 0 radical (unpaired) electrons. The van der Waals surface area contributed by atoms with Gasteiger partial charge in [-0.25, -0.2) is 5.21 Å². The van der Waals surface area contributed by atoms with E-state index >= 15 is 0 Å². The average molecular weight is 279 g/mol. The van der Waals surface area contributed by atoms with Crippen LogP contribution in [0.5, 0.6) is 0 Å². The monoisotopic (exact) mass is 279 g/mol. The Morgan fingerprint density at radius 3 is 2.60 bits per heavy atom. The second kappa shape index (κ2) is 8.40. The van der Waals surface area contributed by atoms with E-state index in [1.165, 1.54) is 12.8 Å². The molecular formula is C17H29NO2. The summed E-state index contributed by atoms with van der Waals surface area (Å²) < 4.78 is -0.190. The molecule has 20 heavy (non-hydrogen) atoms. The lowest BCUT2D eigenvalue weighted by Crippen LogP contribution is -2.64. The maximum absolute atomic E-state index is 11.7. The predicted molar refractivity (Wildman–Crippen MR) is 81.2 cm³/mol. The lowest BCUT2D eigenvalue weighted by Gasteiger charge is -2.48. The van der Waals surface area contributed by atoms with Crippen molar-refractivity contribution >= 4 is 0 Å². The van der Waals surface area contributed by atoms with Gasteiger partial charge in [-0.1, -0.05) is 62.7 Å². The van der Waals surface area contributed by atoms with Crippen molar-refractivity contribution in [3.8, 4) is 0 Å². The Kier molecular flexibility index (Phi) is 7.20. The number of nitrogens with zero attached hydrogens (tertiary/aromatic N) is 1. The number of piperidine rings is 1. The summed E-state index contributed by atoms with van der Waals surface area (Å²) in [5.41, 5.74) is 0. The Labute approximate surface area is 123 Å². The van der Waals surface area contributed by atoms with Crippen LogP contribution in [-0.2, 0) is 0 Å². The predicted octanol–water partition coefficient (Wildman–Crippen LogP) is 2.96. The van der Waals surface area contributed by atoms with E-state index in [1.54, 1.807) is 7.05 Å². The molecule has 1 fully saturated rings. The zero-order valence-corrected chi connectivity index (χ0v) is 13.0. The first kappa shape index (κ1) is 17.2. The Hall–Kier alpha value is -0.900. The Balaban J connectivity index is 2.45. The van der Waals surface area contributed by atoms with Crippen LogP contribution in [-0.4, -0.2) is 35.1 Å². The molecule has 3 heteroatoms. The molecule has 1 rings (SSSR count). The summed E-state index contributed by atoms with van der Waals surface area (Å²) in [7, 11) is 1.73. The first-order chi connectivity index (χ1) is 9.50. The van der Waals surface area contributed by atoms with Crippen LogP contribution in [0, 0.1) is 0 Å². The zero-order chi connectivity index (χ0) is 15.0. The van der Waals surface area contributed by atoms with Crippen LogP contribution in [0.15, 0.2) is 36.5 Å². The topological polar surface area (TPSA) is 43.3 Å². The number of likely N-dealkylation sites (N-methyl/N-ethyl adjacent to an activating group) is 1. The van der Waals surface area contributed by atoms with Gasteiger partial charge in [-0.3, -0.25) is 0 Å². The lowest BCUT2D eigenvalue weighted by molar-refractivity contribution is -1.13. The van der Waals surface area contributed by atoms with Gasteiger partial charge in [-0.05, 0) is 19.4 Å². The third-order valence-electron chi connectivity index (χ3n) is 4.31. The fourth-order valence-electron chi connectivity index (χ4n) is 2.56. The SMILES string of the molecule is CCCC/C=C/C=C/C=C/[C@@H]1CC[C@@H]([O-])[C@H](C)[N+]1(C)O. The van der Waals surface area contributed by atoms with Gasteiger partial charge in [0.1, 0.15) is 12.1 Å². The molecule has 1 heterocycles. The first-order valence-electron chi connectivity index (χ1n) is 7.74. The van der Waals surface area contributed by atoms with Crippen LogP contribution in [0.25, 0.3) is 0 Å². The summed E-state index contributed by atoms with van der Waals surface area (Å²) in [5, 5.41) is 22.1. The third kappa shape index (κ3) is 4.89. The number of hydroxylamine groups is 3. The van der Waals surface area contributed by atoms with E-state index in [9.17, 15) is 10.3 Å². The van der Waals surface area contributed by atoms with E-state index in [1.807, 2.05) is 31.2 Å². The number of quaternary nitrogens is 1. The molecule has 0 spiro atoms. The van der Waals surface area contributed by atoms with Gasteiger partial charge in [0.25, 0.3) is 0 Å². The van der Waals surface area contributed by atoms with Crippen LogP contribution in [0.3, 0.4) is 0 Å². The van der Waals surface area contributed by atoms with E-state index in [2.05, 4.69) is 19.1 Å². The fraction of sp³-hybridized carbons (Fsp3) is 0.647. The van der Waals surface area contributed by atoms with Crippen LogP contribution in [0.2, 0.25) is 0 Å². The second-order valence-corrected chi connectivity index (χ2v) is 5.86. The molecule has 0 bridgehead atoms. The molecule has 1 aliphatic rings. The van der Waals surface area contributed by atoms with E-state index in [0.717, 1.165) is 12.8 Å². The highest BCUT2D eigenvalue weighted by atomic mass is 16.6. The molecule has 0 aromatic rings. The zero-order valence-electron chi connectivity index (χ0n) is 13.0. The Bertz CT molecular complexity index is 358. The molecule has 0 saturated carbocycles. The van der Waals surface area contributed by atoms with Gasteiger partial charge in [0.2, 0.25) is 0 Å². The van der Waals surface area contributed by atoms with Crippen molar-refractivity contribution in [3.05, 3.63) is 36.5 Å². The molecule has 1 saturated heterocycles. The van der Waals surface area contributed by atoms with Crippen LogP contribution >= 0.6 is 0 Å². The summed E-state index contributed by atoms with van der Waals surface area (Å²) in [6.45, 7) is 4.03. The van der Waals surface area contributed by atoms with Crippen molar-refractivity contribution in [2.24, 2.45) is 0 Å². The van der Waals surface area contributed by atoms with Gasteiger partial charge in [-0.15, -0.1) is 0 Å². The summed E-state index contributed by atoms with van der Waals surface area (Å²) >= 11 is 0. The lowest BCUT2D eigenvalue weighted by atomic mass is 9.93. The van der Waals surface area contributed by atoms with E-state index in [0.29, 0.717) is 6.42 Å². The quantitative estimate of drug-likeness (QED) is 0.461. The van der Waals surface area contributed by atoms with E-state index < -0.39 is 6.10 Å². The van der Waals surface area contributed by atoms with Crippen molar-refractivity contribution in [3.63, 3.8) is 0 Å². The minimum Gasteiger partial charge on any atom is -0.848 e. The molecule has 0 amide bonds. The van der Waals surface area contributed by atoms with Gasteiger partial charge < -0.3 is 5.11 Å². The van der Waals surface area contributed by atoms with Crippen LogP contribution in [0.4, 0.5) is 0 Å². The smallest absolute Gasteiger partial charge is 0.137 e. The second-order valence-electron chi connectivity index (χ2n) is 5.86. The number of allylic oxidation sites excluding steroid dienone is 5. The summed E-state index contributed by atoms with van der Waals surface area (Å²) in [5.74, 6) is 0. The van der Waals surface area contributed by atoms with Crippen molar-refractivity contribution in [1.29, 1.82) is 0 Å². The van der Waals surface area contributed by atoms with Gasteiger partial charge >= 0.3 is 0 Å².